The molecule has 0 aliphatic heterocycles. The molecule has 1 heterocycles. The molecule has 3 aliphatic rings. The first kappa shape index (κ1) is 18.5. The Labute approximate surface area is 161 Å². The van der Waals surface area contributed by atoms with E-state index in [0.717, 1.165) is 45.1 Å². The SMILES string of the molecule is O=C(NCC1CC1)c1cc(CN(C(=O)C2CCCC2)C2CCCCC2)on1. The van der Waals surface area contributed by atoms with E-state index in [9.17, 15) is 9.59 Å². The van der Waals surface area contributed by atoms with Crippen LogP contribution in [0.15, 0.2) is 10.6 Å². The number of hydrogen-bond donors (Lipinski definition) is 1. The average molecular weight is 373 g/mol. The van der Waals surface area contributed by atoms with Crippen LogP contribution in [0.2, 0.25) is 0 Å². The highest BCUT2D eigenvalue weighted by molar-refractivity contribution is 5.92. The van der Waals surface area contributed by atoms with Crippen LogP contribution < -0.4 is 5.32 Å². The fraction of sp³-hybridized carbons (Fsp3) is 0.762. The van der Waals surface area contributed by atoms with Gasteiger partial charge in [0, 0.05) is 24.6 Å². The zero-order chi connectivity index (χ0) is 18.6. The van der Waals surface area contributed by atoms with Crippen molar-refractivity contribution in [1.29, 1.82) is 0 Å². The van der Waals surface area contributed by atoms with Gasteiger partial charge >= 0.3 is 0 Å². The Bertz CT molecular complexity index is 655. The van der Waals surface area contributed by atoms with Gasteiger partial charge < -0.3 is 14.7 Å². The van der Waals surface area contributed by atoms with Crippen molar-refractivity contribution in [2.24, 2.45) is 11.8 Å². The lowest BCUT2D eigenvalue weighted by atomic mass is 9.92. The van der Waals surface area contributed by atoms with Crippen LogP contribution in [0, 0.1) is 11.8 Å². The van der Waals surface area contributed by atoms with Crippen LogP contribution in [0.1, 0.15) is 86.9 Å². The standard InChI is InChI=1S/C21H31N3O3/c25-20(22-13-15-10-11-15)19-12-18(27-23-19)14-24(17-8-2-1-3-9-17)21(26)16-6-4-5-7-16/h12,15-17H,1-11,13-14H2,(H,22,25). The quantitative estimate of drug-likeness (QED) is 0.791. The monoisotopic (exact) mass is 373 g/mol. The minimum Gasteiger partial charge on any atom is -0.359 e. The van der Waals surface area contributed by atoms with E-state index in [2.05, 4.69) is 10.5 Å². The Morgan fingerprint density at radius 2 is 1.74 bits per heavy atom. The van der Waals surface area contributed by atoms with Gasteiger partial charge in [-0.1, -0.05) is 37.3 Å². The van der Waals surface area contributed by atoms with Crippen LogP contribution in [0.25, 0.3) is 0 Å². The second kappa shape index (κ2) is 8.44. The molecule has 6 heteroatoms. The first-order valence-corrected chi connectivity index (χ1v) is 10.7. The summed E-state index contributed by atoms with van der Waals surface area (Å²) < 4.78 is 5.44. The predicted octanol–water partition coefficient (Wildman–Crippen LogP) is 3.67. The summed E-state index contributed by atoms with van der Waals surface area (Å²) in [7, 11) is 0. The summed E-state index contributed by atoms with van der Waals surface area (Å²) >= 11 is 0. The summed E-state index contributed by atoms with van der Waals surface area (Å²) in [5, 5.41) is 6.86. The lowest BCUT2D eigenvalue weighted by molar-refractivity contribution is -0.139. The topological polar surface area (TPSA) is 75.4 Å². The number of nitrogens with one attached hydrogen (secondary N) is 1. The Morgan fingerprint density at radius 3 is 2.44 bits per heavy atom. The molecular formula is C21H31N3O3. The average Bonchev–Trinajstić information content (AvgIpc) is 3.17. The normalized spacial score (nSPS) is 21.3. The van der Waals surface area contributed by atoms with E-state index in [4.69, 9.17) is 4.52 Å². The maximum Gasteiger partial charge on any atom is 0.273 e. The Balaban J connectivity index is 1.42. The van der Waals surface area contributed by atoms with Gasteiger partial charge in [0.1, 0.15) is 0 Å². The number of nitrogens with zero attached hydrogens (tertiary/aromatic N) is 2. The van der Waals surface area contributed by atoms with E-state index in [-0.39, 0.29) is 17.7 Å². The molecular weight excluding hydrogens is 342 g/mol. The Kier molecular flexibility index (Phi) is 5.79. The lowest BCUT2D eigenvalue weighted by Crippen LogP contribution is -2.43. The molecule has 1 N–H and O–H groups in total. The number of carbonyl (C=O) groups excluding carboxylic acids is 2. The van der Waals surface area contributed by atoms with Gasteiger partial charge in [0.2, 0.25) is 5.91 Å². The number of hydrogen-bond acceptors (Lipinski definition) is 4. The van der Waals surface area contributed by atoms with Crippen molar-refractivity contribution in [2.45, 2.75) is 83.2 Å². The van der Waals surface area contributed by atoms with Gasteiger partial charge in [-0.15, -0.1) is 0 Å². The van der Waals surface area contributed by atoms with Crippen LogP contribution in [0.3, 0.4) is 0 Å². The van der Waals surface area contributed by atoms with Gasteiger partial charge in [0.15, 0.2) is 11.5 Å². The molecule has 3 fully saturated rings. The highest BCUT2D eigenvalue weighted by atomic mass is 16.5. The van der Waals surface area contributed by atoms with Gasteiger partial charge in [0.25, 0.3) is 5.91 Å². The van der Waals surface area contributed by atoms with Crippen LogP contribution in [0.4, 0.5) is 0 Å². The first-order valence-electron chi connectivity index (χ1n) is 10.7. The zero-order valence-corrected chi connectivity index (χ0v) is 16.1. The third kappa shape index (κ3) is 4.71. The number of amides is 2. The zero-order valence-electron chi connectivity index (χ0n) is 16.1. The van der Waals surface area contributed by atoms with Gasteiger partial charge in [-0.2, -0.15) is 0 Å². The molecule has 0 bridgehead atoms. The third-order valence-electron chi connectivity index (χ3n) is 6.37. The summed E-state index contributed by atoms with van der Waals surface area (Å²) in [6, 6.07) is 2.00. The minimum atomic E-state index is -0.178. The molecule has 3 saturated carbocycles. The highest BCUT2D eigenvalue weighted by Crippen LogP contribution is 2.31. The largest absolute Gasteiger partial charge is 0.359 e. The Morgan fingerprint density at radius 1 is 1.04 bits per heavy atom. The van der Waals surface area contributed by atoms with E-state index in [0.29, 0.717) is 30.0 Å². The van der Waals surface area contributed by atoms with Crippen molar-refractivity contribution in [3.8, 4) is 0 Å². The van der Waals surface area contributed by atoms with Crippen molar-refractivity contribution in [1.82, 2.24) is 15.4 Å². The molecule has 0 unspecified atom stereocenters. The molecule has 2 amide bonds. The molecule has 0 radical (unpaired) electrons. The van der Waals surface area contributed by atoms with Gasteiger partial charge in [-0.05, 0) is 44.4 Å². The maximum atomic E-state index is 13.2. The maximum absolute atomic E-state index is 13.2. The highest BCUT2D eigenvalue weighted by Gasteiger charge is 2.33. The van der Waals surface area contributed by atoms with Crippen LogP contribution in [-0.2, 0) is 11.3 Å². The van der Waals surface area contributed by atoms with Crippen LogP contribution >= 0.6 is 0 Å². The third-order valence-corrected chi connectivity index (χ3v) is 6.37. The number of rotatable bonds is 7. The summed E-state index contributed by atoms with van der Waals surface area (Å²) in [6.45, 7) is 1.15. The molecule has 0 spiro atoms. The fourth-order valence-electron chi connectivity index (χ4n) is 4.50. The van der Waals surface area contributed by atoms with Crippen LogP contribution in [-0.4, -0.2) is 34.5 Å². The second-order valence-corrected chi connectivity index (χ2v) is 8.57. The van der Waals surface area contributed by atoms with Gasteiger partial charge in [0.05, 0.1) is 6.54 Å². The molecule has 27 heavy (non-hydrogen) atoms. The summed E-state index contributed by atoms with van der Waals surface area (Å²) in [5.41, 5.74) is 0.322. The van der Waals surface area contributed by atoms with Gasteiger partial charge in [-0.25, -0.2) is 0 Å². The molecule has 0 saturated heterocycles. The van der Waals surface area contributed by atoms with Crippen molar-refractivity contribution in [3.05, 3.63) is 17.5 Å². The molecule has 4 rings (SSSR count). The summed E-state index contributed by atoms with van der Waals surface area (Å²) in [5.74, 6) is 1.50. The summed E-state index contributed by atoms with van der Waals surface area (Å²) in [6.07, 6.45) is 12.5. The van der Waals surface area contributed by atoms with E-state index >= 15 is 0 Å². The number of aromatic nitrogens is 1. The number of carbonyl (C=O) groups is 2. The fourth-order valence-corrected chi connectivity index (χ4v) is 4.50. The minimum absolute atomic E-state index is 0.163. The molecule has 1 aromatic rings. The second-order valence-electron chi connectivity index (χ2n) is 8.57. The molecule has 0 atom stereocenters. The van der Waals surface area contributed by atoms with E-state index in [1.807, 2.05) is 4.90 Å². The van der Waals surface area contributed by atoms with Crippen molar-refractivity contribution < 1.29 is 14.1 Å². The van der Waals surface area contributed by atoms with Gasteiger partial charge in [-0.3, -0.25) is 9.59 Å². The van der Waals surface area contributed by atoms with E-state index < -0.39 is 0 Å². The summed E-state index contributed by atoms with van der Waals surface area (Å²) in [4.78, 5) is 27.4. The van der Waals surface area contributed by atoms with Crippen molar-refractivity contribution in [2.75, 3.05) is 6.54 Å². The van der Waals surface area contributed by atoms with E-state index in [1.54, 1.807) is 6.07 Å². The molecule has 3 aliphatic carbocycles. The predicted molar refractivity (Wildman–Crippen MR) is 101 cm³/mol. The molecule has 6 nitrogen and oxygen atoms in total. The van der Waals surface area contributed by atoms with Crippen molar-refractivity contribution in [3.63, 3.8) is 0 Å². The van der Waals surface area contributed by atoms with E-state index in [1.165, 1.54) is 32.1 Å². The Hall–Kier alpha value is -1.85. The van der Waals surface area contributed by atoms with Crippen molar-refractivity contribution >= 4 is 11.8 Å². The smallest absolute Gasteiger partial charge is 0.273 e. The lowest BCUT2D eigenvalue weighted by Gasteiger charge is -2.35. The molecule has 0 aromatic carbocycles. The molecule has 148 valence electrons. The van der Waals surface area contributed by atoms with Crippen LogP contribution in [0.5, 0.6) is 0 Å². The molecule has 1 aromatic heterocycles. The first-order chi connectivity index (χ1) is 13.2.